The number of morpholine rings is 1. The average molecular weight is 433 g/mol. The molecule has 0 bridgehead atoms. The van der Waals surface area contributed by atoms with Gasteiger partial charge in [0.2, 0.25) is 0 Å². The first-order valence-electron chi connectivity index (χ1n) is 9.52. The van der Waals surface area contributed by atoms with Gasteiger partial charge in [-0.3, -0.25) is 14.6 Å². The molecular weight excluding hydrogens is 411 g/mol. The van der Waals surface area contributed by atoms with Crippen LogP contribution >= 0.6 is 24.0 Å². The fourth-order valence-corrected chi connectivity index (χ4v) is 4.62. The second-order valence-electron chi connectivity index (χ2n) is 6.82. The summed E-state index contributed by atoms with van der Waals surface area (Å²) in [5.74, 6) is 0.471. The smallest absolute Gasteiger partial charge is 0.266 e. The largest absolute Gasteiger partial charge is 0.457 e. The third-order valence-corrected chi connectivity index (χ3v) is 6.25. The molecular formula is C21H21FN2O3S2. The van der Waals surface area contributed by atoms with Gasteiger partial charge in [0.05, 0.1) is 23.7 Å². The molecule has 0 atom stereocenters. The van der Waals surface area contributed by atoms with E-state index in [2.05, 4.69) is 4.90 Å². The van der Waals surface area contributed by atoms with E-state index in [1.165, 1.54) is 17.8 Å². The van der Waals surface area contributed by atoms with Crippen LogP contribution in [0.5, 0.6) is 0 Å². The second-order valence-corrected chi connectivity index (χ2v) is 8.50. The Morgan fingerprint density at radius 2 is 1.93 bits per heavy atom. The van der Waals surface area contributed by atoms with E-state index in [1.807, 2.05) is 0 Å². The topological polar surface area (TPSA) is 45.9 Å². The van der Waals surface area contributed by atoms with Gasteiger partial charge in [-0.25, -0.2) is 4.39 Å². The molecule has 0 saturated carbocycles. The van der Waals surface area contributed by atoms with E-state index in [9.17, 15) is 9.18 Å². The fourth-order valence-electron chi connectivity index (χ4n) is 3.34. The molecule has 0 unspecified atom stereocenters. The molecule has 2 saturated heterocycles. The number of nitrogens with zero attached hydrogens (tertiary/aromatic N) is 2. The molecule has 2 aliphatic heterocycles. The Labute approximate surface area is 178 Å². The zero-order valence-electron chi connectivity index (χ0n) is 15.8. The molecule has 29 heavy (non-hydrogen) atoms. The van der Waals surface area contributed by atoms with Crippen molar-refractivity contribution in [2.24, 2.45) is 0 Å². The minimum absolute atomic E-state index is 0.106. The summed E-state index contributed by atoms with van der Waals surface area (Å²) in [6.45, 7) is 4.91. The summed E-state index contributed by atoms with van der Waals surface area (Å²) in [6, 6.07) is 9.86. The van der Waals surface area contributed by atoms with Crippen molar-refractivity contribution in [1.29, 1.82) is 0 Å². The summed E-state index contributed by atoms with van der Waals surface area (Å²) < 4.78 is 25.6. The van der Waals surface area contributed by atoms with Gasteiger partial charge in [0.25, 0.3) is 5.91 Å². The molecule has 1 amide bonds. The molecule has 5 nitrogen and oxygen atoms in total. The van der Waals surface area contributed by atoms with Crippen LogP contribution in [0.15, 0.2) is 45.7 Å². The predicted octanol–water partition coefficient (Wildman–Crippen LogP) is 4.01. The van der Waals surface area contributed by atoms with Gasteiger partial charge in [0.1, 0.15) is 21.7 Å². The highest BCUT2D eigenvalue weighted by atomic mass is 32.2. The summed E-state index contributed by atoms with van der Waals surface area (Å²) in [5.41, 5.74) is 0.391. The van der Waals surface area contributed by atoms with E-state index in [1.54, 1.807) is 41.3 Å². The molecule has 0 spiro atoms. The molecule has 2 aliphatic rings. The zero-order valence-corrected chi connectivity index (χ0v) is 17.4. The number of ether oxygens (including phenoxy) is 1. The highest BCUT2D eigenvalue weighted by Crippen LogP contribution is 2.34. The number of halogens is 1. The van der Waals surface area contributed by atoms with Gasteiger partial charge in [0.15, 0.2) is 0 Å². The fraction of sp³-hybridized carbons (Fsp3) is 0.333. The number of amides is 1. The van der Waals surface area contributed by atoms with Gasteiger partial charge in [-0.1, -0.05) is 36.1 Å². The molecule has 1 aromatic carbocycles. The monoisotopic (exact) mass is 432 g/mol. The molecule has 0 N–H and O–H groups in total. The lowest BCUT2D eigenvalue weighted by atomic mass is 10.1. The maximum Gasteiger partial charge on any atom is 0.266 e. The van der Waals surface area contributed by atoms with Gasteiger partial charge in [0, 0.05) is 32.3 Å². The van der Waals surface area contributed by atoms with Gasteiger partial charge < -0.3 is 9.15 Å². The van der Waals surface area contributed by atoms with E-state index in [0.717, 1.165) is 39.3 Å². The van der Waals surface area contributed by atoms with Crippen molar-refractivity contribution < 1.29 is 18.3 Å². The van der Waals surface area contributed by atoms with Crippen LogP contribution in [0.4, 0.5) is 4.39 Å². The Balaban J connectivity index is 1.39. The summed E-state index contributed by atoms with van der Waals surface area (Å²) in [4.78, 5) is 17.3. The SMILES string of the molecule is O=C1C(=Cc2ccc(-c3ccccc3F)o2)SC(=S)N1CCCN1CCOCC1. The van der Waals surface area contributed by atoms with Crippen molar-refractivity contribution in [2.75, 3.05) is 39.4 Å². The number of hydrogen-bond acceptors (Lipinski definition) is 6. The first-order chi connectivity index (χ1) is 14.1. The molecule has 1 aromatic heterocycles. The minimum atomic E-state index is -0.347. The van der Waals surface area contributed by atoms with Crippen LogP contribution in [0.2, 0.25) is 0 Å². The predicted molar refractivity (Wildman–Crippen MR) is 116 cm³/mol. The van der Waals surface area contributed by atoms with Gasteiger partial charge in [-0.05, 0) is 30.7 Å². The van der Waals surface area contributed by atoms with Gasteiger partial charge >= 0.3 is 0 Å². The Morgan fingerprint density at radius 3 is 2.72 bits per heavy atom. The third-order valence-electron chi connectivity index (χ3n) is 4.87. The van der Waals surface area contributed by atoms with E-state index in [0.29, 0.717) is 32.9 Å². The van der Waals surface area contributed by atoms with Gasteiger partial charge in [-0.2, -0.15) is 0 Å². The zero-order chi connectivity index (χ0) is 20.2. The van der Waals surface area contributed by atoms with Crippen LogP contribution in [0, 0.1) is 5.82 Å². The molecule has 2 fully saturated rings. The number of furan rings is 1. The van der Waals surface area contributed by atoms with E-state index in [4.69, 9.17) is 21.4 Å². The molecule has 3 heterocycles. The average Bonchev–Trinajstić information content (AvgIpc) is 3.29. The molecule has 8 heteroatoms. The Morgan fingerprint density at radius 1 is 1.14 bits per heavy atom. The van der Waals surface area contributed by atoms with Crippen molar-refractivity contribution >= 4 is 40.3 Å². The van der Waals surface area contributed by atoms with Crippen molar-refractivity contribution in [3.05, 3.63) is 52.9 Å². The number of thioether (sulfide) groups is 1. The standard InChI is InChI=1S/C21H21FN2O3S2/c22-17-5-2-1-4-16(17)18-7-6-15(27-18)14-19-20(25)24(21(28)29-19)9-3-8-23-10-12-26-13-11-23/h1-2,4-7,14H,3,8-13H2. The summed E-state index contributed by atoms with van der Waals surface area (Å²) in [7, 11) is 0. The summed E-state index contributed by atoms with van der Waals surface area (Å²) in [6.07, 6.45) is 2.53. The lowest BCUT2D eigenvalue weighted by molar-refractivity contribution is -0.122. The quantitative estimate of drug-likeness (QED) is 0.508. The van der Waals surface area contributed by atoms with Crippen LogP contribution in [0.3, 0.4) is 0 Å². The molecule has 4 rings (SSSR count). The minimum Gasteiger partial charge on any atom is -0.457 e. The first-order valence-corrected chi connectivity index (χ1v) is 10.7. The number of rotatable bonds is 6. The molecule has 152 valence electrons. The summed E-state index contributed by atoms with van der Waals surface area (Å²) >= 11 is 6.67. The van der Waals surface area contributed by atoms with Crippen LogP contribution in [-0.4, -0.2) is 59.4 Å². The van der Waals surface area contributed by atoms with Crippen LogP contribution < -0.4 is 0 Å². The third kappa shape index (κ3) is 4.78. The number of thiocarbonyl (C=S) groups is 1. The lowest BCUT2D eigenvalue weighted by Crippen LogP contribution is -2.38. The normalized spacial score (nSPS) is 19.5. The van der Waals surface area contributed by atoms with Crippen LogP contribution in [0.1, 0.15) is 12.2 Å². The Bertz CT molecular complexity index is 938. The number of benzene rings is 1. The Hall–Kier alpha value is -2.00. The van der Waals surface area contributed by atoms with Crippen LogP contribution in [-0.2, 0) is 9.53 Å². The second kappa shape index (κ2) is 9.21. The number of carbonyl (C=O) groups is 1. The molecule has 2 aromatic rings. The molecule has 0 aliphatic carbocycles. The first kappa shape index (κ1) is 20.3. The summed E-state index contributed by atoms with van der Waals surface area (Å²) in [5, 5.41) is 0. The van der Waals surface area contributed by atoms with Crippen molar-refractivity contribution in [3.63, 3.8) is 0 Å². The number of hydrogen-bond donors (Lipinski definition) is 0. The Kier molecular flexibility index (Phi) is 6.44. The lowest BCUT2D eigenvalue weighted by Gasteiger charge is -2.27. The van der Waals surface area contributed by atoms with Crippen LogP contribution in [0.25, 0.3) is 17.4 Å². The van der Waals surface area contributed by atoms with Gasteiger partial charge in [-0.15, -0.1) is 0 Å². The van der Waals surface area contributed by atoms with E-state index in [-0.39, 0.29) is 11.7 Å². The maximum atomic E-state index is 13.9. The highest BCUT2D eigenvalue weighted by molar-refractivity contribution is 8.26. The maximum absolute atomic E-state index is 13.9. The molecule has 0 radical (unpaired) electrons. The van der Waals surface area contributed by atoms with Crippen molar-refractivity contribution in [2.45, 2.75) is 6.42 Å². The number of carbonyl (C=O) groups excluding carboxylic acids is 1. The highest BCUT2D eigenvalue weighted by Gasteiger charge is 2.32. The van der Waals surface area contributed by atoms with Crippen molar-refractivity contribution in [1.82, 2.24) is 9.80 Å². The van der Waals surface area contributed by atoms with E-state index >= 15 is 0 Å². The van der Waals surface area contributed by atoms with E-state index < -0.39 is 0 Å². The van der Waals surface area contributed by atoms with Crippen molar-refractivity contribution in [3.8, 4) is 11.3 Å².